The van der Waals surface area contributed by atoms with E-state index in [-0.39, 0.29) is 0 Å². The number of aromatic nitrogens is 2. The highest BCUT2D eigenvalue weighted by Gasteiger charge is 2.26. The van der Waals surface area contributed by atoms with Gasteiger partial charge in [-0.2, -0.15) is 5.10 Å². The second-order valence-electron chi connectivity index (χ2n) is 1.97. The standard InChI is InChI=1S/C5H5N2O2S/c8-10-4-3-6-7-1-2-9-5(4)7/h3H,1-2H2/q+1. The molecule has 0 amide bonds. The first kappa shape index (κ1) is 5.79. The number of hydrogen-bond donors (Lipinski definition) is 0. The molecule has 0 spiro atoms. The van der Waals surface area contributed by atoms with Crippen molar-refractivity contribution < 1.29 is 8.95 Å². The van der Waals surface area contributed by atoms with Crippen LogP contribution in [0.5, 0.6) is 5.88 Å². The maximum absolute atomic E-state index is 10.3. The monoisotopic (exact) mass is 157 g/mol. The summed E-state index contributed by atoms with van der Waals surface area (Å²) < 4.78 is 17.2. The van der Waals surface area contributed by atoms with Crippen LogP contribution in [0.25, 0.3) is 0 Å². The SMILES string of the molecule is O=[S+]c1cnn2c1OCC2. The molecule has 0 saturated heterocycles. The van der Waals surface area contributed by atoms with Crippen molar-refractivity contribution in [3.63, 3.8) is 0 Å². The molecule has 2 heterocycles. The summed E-state index contributed by atoms with van der Waals surface area (Å²) in [5.41, 5.74) is 0. The predicted molar refractivity (Wildman–Crippen MR) is 34.0 cm³/mol. The van der Waals surface area contributed by atoms with Crippen LogP contribution in [0.1, 0.15) is 0 Å². The van der Waals surface area contributed by atoms with Crippen LogP contribution in [0.15, 0.2) is 11.1 Å². The third-order valence-corrected chi connectivity index (χ3v) is 1.85. The average molecular weight is 157 g/mol. The molecule has 0 N–H and O–H groups in total. The van der Waals surface area contributed by atoms with E-state index in [9.17, 15) is 4.21 Å². The van der Waals surface area contributed by atoms with Crippen molar-refractivity contribution in [2.75, 3.05) is 6.61 Å². The van der Waals surface area contributed by atoms with E-state index >= 15 is 0 Å². The molecule has 1 aliphatic rings. The molecule has 5 heteroatoms. The molecular weight excluding hydrogens is 152 g/mol. The summed E-state index contributed by atoms with van der Waals surface area (Å²) in [4.78, 5) is 0.581. The van der Waals surface area contributed by atoms with Gasteiger partial charge in [0.05, 0.1) is 6.54 Å². The van der Waals surface area contributed by atoms with Crippen LogP contribution >= 0.6 is 0 Å². The first-order chi connectivity index (χ1) is 4.92. The summed E-state index contributed by atoms with van der Waals surface area (Å²) >= 11 is 0.422. The predicted octanol–water partition coefficient (Wildman–Crippen LogP) is 0.0625. The number of fused-ring (bicyclic) bond motifs is 1. The number of ether oxygens (including phenoxy) is 1. The fourth-order valence-corrected chi connectivity index (χ4v) is 1.27. The molecule has 0 radical (unpaired) electrons. The largest absolute Gasteiger partial charge is 0.512 e. The van der Waals surface area contributed by atoms with E-state index in [1.165, 1.54) is 6.20 Å². The van der Waals surface area contributed by atoms with Crippen molar-refractivity contribution in [1.29, 1.82) is 0 Å². The van der Waals surface area contributed by atoms with Gasteiger partial charge < -0.3 is 4.74 Å². The molecule has 0 saturated carbocycles. The molecule has 0 atom stereocenters. The Labute approximate surface area is 61.3 Å². The van der Waals surface area contributed by atoms with E-state index in [1.54, 1.807) is 4.68 Å². The molecular formula is C5H5N2O2S+. The Hall–Kier alpha value is -0.970. The number of nitrogens with zero attached hydrogens (tertiary/aromatic N) is 2. The molecule has 0 bridgehead atoms. The van der Waals surface area contributed by atoms with Crippen molar-refractivity contribution >= 4 is 11.7 Å². The van der Waals surface area contributed by atoms with E-state index in [1.807, 2.05) is 0 Å². The van der Waals surface area contributed by atoms with Crippen molar-refractivity contribution in [3.05, 3.63) is 6.20 Å². The Morgan fingerprint density at radius 1 is 1.80 bits per heavy atom. The fourth-order valence-electron chi connectivity index (χ4n) is 0.948. The zero-order valence-corrected chi connectivity index (χ0v) is 5.93. The van der Waals surface area contributed by atoms with Crippen LogP contribution in [-0.2, 0) is 22.4 Å². The molecule has 2 rings (SSSR count). The highest BCUT2D eigenvalue weighted by atomic mass is 32.1. The van der Waals surface area contributed by atoms with Crippen LogP contribution in [0.3, 0.4) is 0 Å². The minimum absolute atomic E-state index is 0.422. The van der Waals surface area contributed by atoms with E-state index in [4.69, 9.17) is 4.74 Å². The van der Waals surface area contributed by atoms with Crippen LogP contribution in [-0.4, -0.2) is 16.4 Å². The van der Waals surface area contributed by atoms with Crippen molar-refractivity contribution in [1.82, 2.24) is 9.78 Å². The first-order valence-corrected chi connectivity index (χ1v) is 3.64. The Balaban J connectivity index is 2.53. The van der Waals surface area contributed by atoms with Crippen LogP contribution < -0.4 is 4.74 Å². The quantitative estimate of drug-likeness (QED) is 0.541. The van der Waals surface area contributed by atoms with Crippen molar-refractivity contribution in [2.45, 2.75) is 11.4 Å². The third kappa shape index (κ3) is 0.637. The fraction of sp³-hybridized carbons (Fsp3) is 0.400. The van der Waals surface area contributed by atoms with Gasteiger partial charge in [-0.3, -0.25) is 0 Å². The lowest BCUT2D eigenvalue weighted by molar-refractivity contribution is 0.349. The van der Waals surface area contributed by atoms with Gasteiger partial charge in [-0.25, -0.2) is 4.68 Å². The zero-order chi connectivity index (χ0) is 6.97. The summed E-state index contributed by atoms with van der Waals surface area (Å²) in [6, 6.07) is 0. The molecule has 1 aromatic heterocycles. The van der Waals surface area contributed by atoms with Gasteiger partial charge in [0.1, 0.15) is 12.8 Å². The first-order valence-electron chi connectivity index (χ1n) is 2.90. The highest BCUT2D eigenvalue weighted by Crippen LogP contribution is 2.21. The van der Waals surface area contributed by atoms with Gasteiger partial charge in [-0.1, -0.05) is 0 Å². The Morgan fingerprint density at radius 3 is 3.50 bits per heavy atom. The van der Waals surface area contributed by atoms with Gasteiger partial charge >= 0.3 is 16.6 Å². The molecule has 0 aliphatic carbocycles. The van der Waals surface area contributed by atoms with Gasteiger partial charge in [0.25, 0.3) is 5.88 Å². The summed E-state index contributed by atoms with van der Waals surface area (Å²) in [5.74, 6) is 0.625. The van der Waals surface area contributed by atoms with Gasteiger partial charge in [-0.05, 0) is 0 Å². The van der Waals surface area contributed by atoms with E-state index in [0.29, 0.717) is 29.0 Å². The zero-order valence-electron chi connectivity index (χ0n) is 5.11. The Bertz CT molecular complexity index is 271. The molecule has 0 unspecified atom stereocenters. The Kier molecular flexibility index (Phi) is 1.17. The van der Waals surface area contributed by atoms with Crippen molar-refractivity contribution in [3.8, 4) is 5.88 Å². The van der Waals surface area contributed by atoms with Gasteiger partial charge in [0, 0.05) is 4.21 Å². The van der Waals surface area contributed by atoms with Gasteiger partial charge in [-0.15, -0.1) is 0 Å². The molecule has 0 fully saturated rings. The summed E-state index contributed by atoms with van der Waals surface area (Å²) in [7, 11) is 0. The molecule has 52 valence electrons. The van der Waals surface area contributed by atoms with Gasteiger partial charge in [0.2, 0.25) is 0 Å². The topological polar surface area (TPSA) is 44.1 Å². The smallest absolute Gasteiger partial charge is 0.472 e. The molecule has 0 aromatic carbocycles. The lowest BCUT2D eigenvalue weighted by Crippen LogP contribution is -1.93. The molecule has 1 aliphatic heterocycles. The van der Waals surface area contributed by atoms with E-state index in [2.05, 4.69) is 5.10 Å². The van der Waals surface area contributed by atoms with Crippen LogP contribution in [0.4, 0.5) is 0 Å². The van der Waals surface area contributed by atoms with Crippen LogP contribution in [0.2, 0.25) is 0 Å². The minimum atomic E-state index is 0.422. The average Bonchev–Trinajstić information content (AvgIpc) is 2.44. The minimum Gasteiger partial charge on any atom is -0.472 e. The van der Waals surface area contributed by atoms with Crippen LogP contribution in [0, 0.1) is 0 Å². The Morgan fingerprint density at radius 2 is 2.70 bits per heavy atom. The highest BCUT2D eigenvalue weighted by molar-refractivity contribution is 7.65. The van der Waals surface area contributed by atoms with E-state index in [0.717, 1.165) is 6.54 Å². The van der Waals surface area contributed by atoms with Crippen molar-refractivity contribution in [2.24, 2.45) is 0 Å². The number of hydrogen-bond acceptors (Lipinski definition) is 3. The second kappa shape index (κ2) is 2.02. The molecule has 1 aromatic rings. The summed E-state index contributed by atoms with van der Waals surface area (Å²) in [6.07, 6.45) is 1.53. The lowest BCUT2D eigenvalue weighted by Gasteiger charge is -1.84. The third-order valence-electron chi connectivity index (χ3n) is 1.39. The maximum Gasteiger partial charge on any atom is 0.512 e. The number of rotatable bonds is 1. The summed E-state index contributed by atoms with van der Waals surface area (Å²) in [5, 5.41) is 3.94. The molecule has 10 heavy (non-hydrogen) atoms. The van der Waals surface area contributed by atoms with E-state index < -0.39 is 0 Å². The lowest BCUT2D eigenvalue weighted by atomic mass is 10.7. The normalized spacial score (nSPS) is 14.4. The maximum atomic E-state index is 10.3. The second-order valence-corrected chi connectivity index (χ2v) is 2.58. The van der Waals surface area contributed by atoms with Gasteiger partial charge in [0.15, 0.2) is 0 Å². The molecule has 4 nitrogen and oxygen atoms in total. The summed E-state index contributed by atoms with van der Waals surface area (Å²) in [6.45, 7) is 1.40.